The fraction of sp³-hybridized carbons (Fsp3) is 0.636. The maximum atomic E-state index is 11.5. The number of carbonyl (C=O) groups excluding carboxylic acids is 1. The molecule has 0 saturated heterocycles. The van der Waals surface area contributed by atoms with Crippen LogP contribution in [-0.4, -0.2) is 23.5 Å². The van der Waals surface area contributed by atoms with Crippen molar-refractivity contribution in [1.29, 1.82) is 0 Å². The highest BCUT2D eigenvalue weighted by Crippen LogP contribution is 2.04. The number of aromatic nitrogens is 1. The number of amides is 1. The first-order valence-electron chi connectivity index (χ1n) is 5.50. The number of rotatable bonds is 6. The SMILES string of the molecule is CC(C)C(N)CC(=O)NCCc1nccs1. The lowest BCUT2D eigenvalue weighted by Gasteiger charge is -2.14. The molecule has 0 bridgehead atoms. The average Bonchev–Trinajstić information content (AvgIpc) is 2.70. The topological polar surface area (TPSA) is 68.0 Å². The number of nitrogens with two attached hydrogens (primary N) is 1. The van der Waals surface area contributed by atoms with Gasteiger partial charge in [0, 0.05) is 37.0 Å². The molecule has 0 fully saturated rings. The Kier molecular flexibility index (Phi) is 5.42. The van der Waals surface area contributed by atoms with Gasteiger partial charge in [0.15, 0.2) is 0 Å². The second kappa shape index (κ2) is 6.60. The molecule has 1 heterocycles. The van der Waals surface area contributed by atoms with Gasteiger partial charge in [-0.25, -0.2) is 4.98 Å². The number of nitrogens with one attached hydrogen (secondary N) is 1. The summed E-state index contributed by atoms with van der Waals surface area (Å²) in [4.78, 5) is 15.6. The van der Waals surface area contributed by atoms with Gasteiger partial charge in [0.25, 0.3) is 0 Å². The molecule has 3 N–H and O–H groups in total. The summed E-state index contributed by atoms with van der Waals surface area (Å²) in [6.07, 6.45) is 2.96. The summed E-state index contributed by atoms with van der Waals surface area (Å²) in [5.74, 6) is 0.363. The molecule has 0 spiro atoms. The Morgan fingerprint density at radius 2 is 2.38 bits per heavy atom. The molecule has 1 atom stereocenters. The van der Waals surface area contributed by atoms with Gasteiger partial charge in [-0.1, -0.05) is 13.8 Å². The van der Waals surface area contributed by atoms with Crippen LogP contribution in [-0.2, 0) is 11.2 Å². The van der Waals surface area contributed by atoms with Crippen molar-refractivity contribution in [2.24, 2.45) is 11.7 Å². The molecule has 0 aromatic carbocycles. The average molecular weight is 241 g/mol. The standard InChI is InChI=1S/C11H19N3OS/c1-8(2)9(12)7-10(15)13-4-3-11-14-5-6-16-11/h5-6,8-9H,3-4,7,12H2,1-2H3,(H,13,15). The van der Waals surface area contributed by atoms with E-state index in [1.807, 2.05) is 19.2 Å². The summed E-state index contributed by atoms with van der Waals surface area (Å²) in [5.41, 5.74) is 5.81. The number of nitrogens with zero attached hydrogens (tertiary/aromatic N) is 1. The van der Waals surface area contributed by atoms with Crippen LogP contribution in [0.1, 0.15) is 25.3 Å². The molecule has 1 aromatic rings. The van der Waals surface area contributed by atoms with E-state index < -0.39 is 0 Å². The van der Waals surface area contributed by atoms with Crippen molar-refractivity contribution in [3.05, 3.63) is 16.6 Å². The maximum Gasteiger partial charge on any atom is 0.221 e. The molecule has 5 heteroatoms. The van der Waals surface area contributed by atoms with Crippen molar-refractivity contribution in [1.82, 2.24) is 10.3 Å². The number of carbonyl (C=O) groups is 1. The minimum Gasteiger partial charge on any atom is -0.356 e. The molecule has 1 unspecified atom stereocenters. The summed E-state index contributed by atoms with van der Waals surface area (Å²) >= 11 is 1.61. The van der Waals surface area contributed by atoms with Crippen LogP contribution in [0, 0.1) is 5.92 Å². The third kappa shape index (κ3) is 4.72. The molecule has 1 aromatic heterocycles. The smallest absolute Gasteiger partial charge is 0.221 e. The summed E-state index contributed by atoms with van der Waals surface area (Å²) in [6, 6.07) is -0.0557. The summed E-state index contributed by atoms with van der Waals surface area (Å²) in [6.45, 7) is 4.68. The molecule has 0 aliphatic carbocycles. The second-order valence-electron chi connectivity index (χ2n) is 4.14. The van der Waals surface area contributed by atoms with E-state index in [0.29, 0.717) is 18.9 Å². The van der Waals surface area contributed by atoms with E-state index in [4.69, 9.17) is 5.73 Å². The number of thiazole rings is 1. The molecule has 0 aliphatic heterocycles. The molecule has 0 aliphatic rings. The van der Waals surface area contributed by atoms with Gasteiger partial charge in [0.2, 0.25) is 5.91 Å². The lowest BCUT2D eigenvalue weighted by atomic mass is 10.0. The van der Waals surface area contributed by atoms with Crippen LogP contribution in [0.15, 0.2) is 11.6 Å². The third-order valence-electron chi connectivity index (χ3n) is 2.42. The highest BCUT2D eigenvalue weighted by molar-refractivity contribution is 7.09. The molecular formula is C11H19N3OS. The van der Waals surface area contributed by atoms with Gasteiger partial charge in [-0.15, -0.1) is 11.3 Å². The van der Waals surface area contributed by atoms with Crippen molar-refractivity contribution < 1.29 is 4.79 Å². The van der Waals surface area contributed by atoms with Gasteiger partial charge in [-0.2, -0.15) is 0 Å². The van der Waals surface area contributed by atoms with Crippen LogP contribution in [0.4, 0.5) is 0 Å². The molecule has 4 nitrogen and oxygen atoms in total. The molecule has 1 amide bonds. The zero-order chi connectivity index (χ0) is 12.0. The first-order chi connectivity index (χ1) is 7.59. The van der Waals surface area contributed by atoms with Crippen LogP contribution in [0.3, 0.4) is 0 Å². The quantitative estimate of drug-likeness (QED) is 0.785. The van der Waals surface area contributed by atoms with Gasteiger partial charge < -0.3 is 11.1 Å². The number of hydrogen-bond acceptors (Lipinski definition) is 4. The minimum atomic E-state index is -0.0557. The van der Waals surface area contributed by atoms with Gasteiger partial charge in [0.1, 0.15) is 0 Å². The first kappa shape index (κ1) is 13.1. The summed E-state index contributed by atoms with van der Waals surface area (Å²) in [7, 11) is 0. The molecule has 0 radical (unpaired) electrons. The largest absolute Gasteiger partial charge is 0.356 e. The Balaban J connectivity index is 2.15. The van der Waals surface area contributed by atoms with E-state index >= 15 is 0 Å². The van der Waals surface area contributed by atoms with E-state index in [9.17, 15) is 4.79 Å². The van der Waals surface area contributed by atoms with Crippen LogP contribution < -0.4 is 11.1 Å². The molecule has 16 heavy (non-hydrogen) atoms. The lowest BCUT2D eigenvalue weighted by molar-refractivity contribution is -0.121. The van der Waals surface area contributed by atoms with Crippen LogP contribution in [0.2, 0.25) is 0 Å². The van der Waals surface area contributed by atoms with Crippen molar-refractivity contribution in [2.75, 3.05) is 6.54 Å². The maximum absolute atomic E-state index is 11.5. The van der Waals surface area contributed by atoms with Gasteiger partial charge in [-0.05, 0) is 5.92 Å². The fourth-order valence-corrected chi connectivity index (χ4v) is 1.83. The zero-order valence-electron chi connectivity index (χ0n) is 9.77. The Hall–Kier alpha value is -0.940. The highest BCUT2D eigenvalue weighted by atomic mass is 32.1. The van der Waals surface area contributed by atoms with E-state index in [2.05, 4.69) is 10.3 Å². The van der Waals surface area contributed by atoms with Gasteiger partial charge >= 0.3 is 0 Å². The van der Waals surface area contributed by atoms with Crippen LogP contribution in [0.5, 0.6) is 0 Å². The Morgan fingerprint density at radius 3 is 2.94 bits per heavy atom. The first-order valence-corrected chi connectivity index (χ1v) is 6.38. The third-order valence-corrected chi connectivity index (χ3v) is 3.26. The summed E-state index contributed by atoms with van der Waals surface area (Å²) < 4.78 is 0. The van der Waals surface area contributed by atoms with E-state index in [1.165, 1.54) is 0 Å². The fourth-order valence-electron chi connectivity index (χ4n) is 1.21. The predicted molar refractivity (Wildman–Crippen MR) is 66.3 cm³/mol. The lowest BCUT2D eigenvalue weighted by Crippen LogP contribution is -2.35. The highest BCUT2D eigenvalue weighted by Gasteiger charge is 2.12. The van der Waals surface area contributed by atoms with Crippen LogP contribution >= 0.6 is 11.3 Å². The predicted octanol–water partition coefficient (Wildman–Crippen LogP) is 1.18. The van der Waals surface area contributed by atoms with Crippen molar-refractivity contribution >= 4 is 17.2 Å². The van der Waals surface area contributed by atoms with E-state index in [1.54, 1.807) is 17.5 Å². The molecule has 0 saturated carbocycles. The second-order valence-corrected chi connectivity index (χ2v) is 5.12. The molecule has 90 valence electrons. The van der Waals surface area contributed by atoms with Gasteiger partial charge in [-0.3, -0.25) is 4.79 Å². The van der Waals surface area contributed by atoms with Gasteiger partial charge in [0.05, 0.1) is 5.01 Å². The Bertz CT molecular complexity index is 311. The minimum absolute atomic E-state index is 0.0257. The summed E-state index contributed by atoms with van der Waals surface area (Å²) in [5, 5.41) is 5.84. The van der Waals surface area contributed by atoms with Crippen molar-refractivity contribution in [3.8, 4) is 0 Å². The van der Waals surface area contributed by atoms with Crippen LogP contribution in [0.25, 0.3) is 0 Å². The van der Waals surface area contributed by atoms with E-state index in [0.717, 1.165) is 11.4 Å². The molecular weight excluding hydrogens is 222 g/mol. The zero-order valence-corrected chi connectivity index (χ0v) is 10.6. The Labute approximate surface area is 100 Å². The van der Waals surface area contributed by atoms with Crippen molar-refractivity contribution in [2.45, 2.75) is 32.7 Å². The molecule has 1 rings (SSSR count). The number of hydrogen-bond donors (Lipinski definition) is 2. The monoisotopic (exact) mass is 241 g/mol. The van der Waals surface area contributed by atoms with Crippen molar-refractivity contribution in [3.63, 3.8) is 0 Å². The normalized spacial score (nSPS) is 12.8. The van der Waals surface area contributed by atoms with E-state index in [-0.39, 0.29) is 11.9 Å². The Morgan fingerprint density at radius 1 is 1.62 bits per heavy atom.